The van der Waals surface area contributed by atoms with E-state index in [-0.39, 0.29) is 45.4 Å². The van der Waals surface area contributed by atoms with Crippen LogP contribution < -0.4 is 10.6 Å². The predicted molar refractivity (Wildman–Crippen MR) is 169 cm³/mol. The van der Waals surface area contributed by atoms with Gasteiger partial charge in [-0.3, -0.25) is 18.6 Å². The second kappa shape index (κ2) is 12.7. The molecule has 44 heavy (non-hydrogen) atoms. The fraction of sp³-hybridized carbons (Fsp3) is 0.290. The summed E-state index contributed by atoms with van der Waals surface area (Å²) in [6.07, 6.45) is 2.70. The monoisotopic (exact) mass is 618 g/mol. The molecule has 1 atom stereocenters. The van der Waals surface area contributed by atoms with Gasteiger partial charge in [0.25, 0.3) is 0 Å². The van der Waals surface area contributed by atoms with Gasteiger partial charge in [-0.2, -0.15) is 4.98 Å². The molecule has 4 heterocycles. The molecule has 0 N–H and O–H groups in total. The Labute approximate surface area is 258 Å². The van der Waals surface area contributed by atoms with E-state index in [1.165, 1.54) is 24.7 Å². The average molecular weight is 619 g/mol. The molecule has 1 aromatic carbocycles. The molecule has 0 saturated carbocycles. The molecule has 4 aromatic rings. The summed E-state index contributed by atoms with van der Waals surface area (Å²) < 4.78 is 29.3. The maximum atomic E-state index is 14.0. The molecule has 0 unspecified atom stereocenters. The molecular weight excluding hydrogens is 589 g/mol. The fourth-order valence-corrected chi connectivity index (χ4v) is 5.91. The van der Waals surface area contributed by atoms with E-state index in [1.807, 2.05) is 11.8 Å². The zero-order valence-electron chi connectivity index (χ0n) is 24.6. The summed E-state index contributed by atoms with van der Waals surface area (Å²) in [7, 11) is 1.43. The quantitative estimate of drug-likeness (QED) is 0.219. The highest BCUT2D eigenvalue weighted by molar-refractivity contribution is 6.63. The molecule has 1 amide bonds. The third-order valence-corrected chi connectivity index (χ3v) is 8.17. The van der Waals surface area contributed by atoms with E-state index in [1.54, 1.807) is 48.2 Å². The number of pyridine rings is 2. The number of alkyl halides is 2. The number of nitrogens with zero attached hydrogens (tertiary/aromatic N) is 6. The number of halogens is 3. The largest absolute Gasteiger partial charge is 0.355 e. The minimum atomic E-state index is -1.22. The van der Waals surface area contributed by atoms with Crippen LogP contribution in [0.15, 0.2) is 60.0 Å². The topological polar surface area (TPSA) is 101 Å². The lowest BCUT2D eigenvalue weighted by Crippen LogP contribution is -2.54. The number of carbonyl (C=O) groups excluding carboxylic acids is 2. The Morgan fingerprint density at radius 2 is 1.91 bits per heavy atom. The van der Waals surface area contributed by atoms with Crippen LogP contribution in [0.25, 0.3) is 28.0 Å². The predicted octanol–water partition coefficient (Wildman–Crippen LogP) is 3.82. The van der Waals surface area contributed by atoms with E-state index in [9.17, 15) is 23.2 Å². The van der Waals surface area contributed by atoms with Crippen LogP contribution in [-0.4, -0.2) is 82.9 Å². The van der Waals surface area contributed by atoms with Crippen molar-refractivity contribution in [1.82, 2.24) is 24.4 Å². The third-order valence-electron chi connectivity index (χ3n) is 7.89. The van der Waals surface area contributed by atoms with Gasteiger partial charge < -0.3 is 14.6 Å². The van der Waals surface area contributed by atoms with Crippen LogP contribution in [0.2, 0.25) is 5.02 Å². The minimum Gasteiger partial charge on any atom is -0.350 e. The molecular formula is C31H30BClF2N6O3. The van der Waals surface area contributed by atoms with Gasteiger partial charge in [-0.25, -0.2) is 14.3 Å². The van der Waals surface area contributed by atoms with Crippen molar-refractivity contribution in [3.8, 4) is 16.9 Å². The molecule has 1 aliphatic heterocycles. The summed E-state index contributed by atoms with van der Waals surface area (Å²) >= 11 is 6.86. The maximum absolute atomic E-state index is 14.0. The van der Waals surface area contributed by atoms with Crippen molar-refractivity contribution < 1.29 is 18.4 Å². The van der Waals surface area contributed by atoms with Crippen molar-refractivity contribution in [1.29, 1.82) is 0 Å². The molecule has 0 bridgehead atoms. The smallest absolute Gasteiger partial charge is 0.350 e. The molecule has 226 valence electrons. The Kier molecular flexibility index (Phi) is 8.91. The molecule has 5 rings (SSSR count). The van der Waals surface area contributed by atoms with Crippen LogP contribution in [0.4, 0.5) is 14.6 Å². The minimum absolute atomic E-state index is 0.0558. The first kappa shape index (κ1) is 31.0. The van der Waals surface area contributed by atoms with Gasteiger partial charge in [0.15, 0.2) is 13.5 Å². The van der Waals surface area contributed by atoms with Gasteiger partial charge in [-0.15, -0.1) is 0 Å². The van der Waals surface area contributed by atoms with Gasteiger partial charge in [-0.05, 0) is 37.6 Å². The van der Waals surface area contributed by atoms with Gasteiger partial charge in [-0.1, -0.05) is 42.4 Å². The summed E-state index contributed by atoms with van der Waals surface area (Å²) in [6, 6.07) is 9.87. The molecule has 1 aliphatic rings. The highest BCUT2D eigenvalue weighted by atomic mass is 35.5. The molecule has 1 fully saturated rings. The summed E-state index contributed by atoms with van der Waals surface area (Å²) in [5.41, 5.74) is 1.05. The molecule has 3 aromatic heterocycles. The molecule has 1 saturated heterocycles. The van der Waals surface area contributed by atoms with Gasteiger partial charge >= 0.3 is 5.69 Å². The third kappa shape index (κ3) is 5.50. The van der Waals surface area contributed by atoms with Crippen LogP contribution >= 0.6 is 11.6 Å². The summed E-state index contributed by atoms with van der Waals surface area (Å²) in [6.45, 7) is 6.23. The number of aromatic nitrogens is 4. The number of hydrogen-bond acceptors (Lipinski definition) is 7. The number of piperazine rings is 1. The average Bonchev–Trinajstić information content (AvgIpc) is 3.01. The second-order valence-electron chi connectivity index (χ2n) is 10.7. The van der Waals surface area contributed by atoms with Crippen LogP contribution in [0.5, 0.6) is 0 Å². The summed E-state index contributed by atoms with van der Waals surface area (Å²) in [5, 5.41) is 0.612. The number of benzene rings is 1. The fourth-order valence-electron chi connectivity index (χ4n) is 5.66. The lowest BCUT2D eigenvalue weighted by atomic mass is 9.90. The van der Waals surface area contributed by atoms with Gasteiger partial charge in [0, 0.05) is 43.0 Å². The zero-order chi connectivity index (χ0) is 31.7. The van der Waals surface area contributed by atoms with E-state index < -0.39 is 25.0 Å². The number of fused-ring (bicyclic) bond motifs is 1. The molecule has 0 aliphatic carbocycles. The van der Waals surface area contributed by atoms with Crippen molar-refractivity contribution >= 4 is 47.9 Å². The molecule has 9 nitrogen and oxygen atoms in total. The second-order valence-corrected chi connectivity index (χ2v) is 11.2. The number of carbonyl (C=O) groups is 2. The molecule has 13 heteroatoms. The maximum Gasteiger partial charge on any atom is 0.355 e. The van der Waals surface area contributed by atoms with E-state index in [0.29, 0.717) is 47.5 Å². The number of amides is 1. The Morgan fingerprint density at radius 1 is 1.18 bits per heavy atom. The standard InChI is InChI=1S/C31H30BClF2N6O3/c1-4-24(42)39-11-12-40(18(3)16-39)29-22-13-23(33)26(20-7-5-6-8-21(20)28(32)43)37-30(22)41(31(44)38-29)27-17(2)9-10-36-25(27)19(14-34)15-35/h4-10,13,18-19H,1,11-12,14-16,32H2,2-3H3/t18-/m0/s1. The first-order chi connectivity index (χ1) is 21.1. The Hall–Kier alpha value is -4.45. The molecule has 0 spiro atoms. The lowest BCUT2D eigenvalue weighted by molar-refractivity contribution is -0.126. The first-order valence-corrected chi connectivity index (χ1v) is 14.5. The van der Waals surface area contributed by atoms with Crippen molar-refractivity contribution in [3.05, 3.63) is 87.6 Å². The normalized spacial score (nSPS) is 15.2. The highest BCUT2D eigenvalue weighted by Gasteiger charge is 2.31. The van der Waals surface area contributed by atoms with Crippen LogP contribution in [0.3, 0.4) is 0 Å². The number of hydrogen-bond donors (Lipinski definition) is 0. The highest BCUT2D eigenvalue weighted by Crippen LogP contribution is 2.36. The number of rotatable bonds is 8. The van der Waals surface area contributed by atoms with E-state index in [2.05, 4.69) is 16.5 Å². The van der Waals surface area contributed by atoms with Crippen LogP contribution in [-0.2, 0) is 4.79 Å². The SMILES string of the molecule is BC(=O)c1ccccc1-c1nc2c(cc1Cl)c(N1CCN(C(=O)C=C)C[C@@H]1C)nc(=O)n2-c1c(C)ccnc1C(CF)CF. The van der Waals surface area contributed by atoms with Crippen LogP contribution in [0, 0.1) is 6.92 Å². The van der Waals surface area contributed by atoms with Crippen molar-refractivity contribution in [2.45, 2.75) is 25.8 Å². The summed E-state index contributed by atoms with van der Waals surface area (Å²) in [5.74, 6) is -1.11. The van der Waals surface area contributed by atoms with Gasteiger partial charge in [0.2, 0.25) is 5.91 Å². The first-order valence-electron chi connectivity index (χ1n) is 14.1. The van der Waals surface area contributed by atoms with Gasteiger partial charge in [0.1, 0.15) is 24.8 Å². The Morgan fingerprint density at radius 3 is 2.57 bits per heavy atom. The van der Waals surface area contributed by atoms with Crippen molar-refractivity contribution in [2.75, 3.05) is 37.9 Å². The molecule has 0 radical (unpaired) electrons. The van der Waals surface area contributed by atoms with E-state index in [4.69, 9.17) is 16.6 Å². The Balaban J connectivity index is 1.84. The number of anilines is 1. The lowest BCUT2D eigenvalue weighted by Gasteiger charge is -2.40. The van der Waals surface area contributed by atoms with Gasteiger partial charge in [0.05, 0.1) is 33.4 Å². The van der Waals surface area contributed by atoms with E-state index >= 15 is 0 Å². The van der Waals surface area contributed by atoms with Crippen molar-refractivity contribution in [3.63, 3.8) is 0 Å². The Bertz CT molecular complexity index is 1850. The van der Waals surface area contributed by atoms with Crippen LogP contribution in [0.1, 0.15) is 34.5 Å². The van der Waals surface area contributed by atoms with E-state index in [0.717, 1.165) is 0 Å². The van der Waals surface area contributed by atoms with Crippen molar-refractivity contribution in [2.24, 2.45) is 0 Å². The summed E-state index contributed by atoms with van der Waals surface area (Å²) in [4.78, 5) is 56.0. The number of aryl methyl sites for hydroxylation is 1. The zero-order valence-corrected chi connectivity index (χ0v) is 25.3.